The van der Waals surface area contributed by atoms with E-state index in [1.165, 1.54) is 5.56 Å². The standard InChI is InChI=1S/C17H18N4O2/c18-19-17(22)12-23-11-15-14-8-4-5-9-16(14)21(20-15)10-13-6-2-1-3-7-13/h1-9H,10-12,18H2,(H,19,22). The quantitative estimate of drug-likeness (QED) is 0.411. The number of carbonyl (C=O) groups is 1. The number of nitrogens with one attached hydrogen (secondary N) is 1. The van der Waals surface area contributed by atoms with Gasteiger partial charge in [0.1, 0.15) is 6.61 Å². The highest BCUT2D eigenvalue weighted by Gasteiger charge is 2.11. The number of aromatic nitrogens is 2. The molecule has 0 bridgehead atoms. The maximum absolute atomic E-state index is 11.1. The average Bonchev–Trinajstić information content (AvgIpc) is 2.94. The summed E-state index contributed by atoms with van der Waals surface area (Å²) in [5.74, 6) is 4.67. The van der Waals surface area contributed by atoms with Crippen molar-refractivity contribution >= 4 is 16.8 Å². The molecule has 0 saturated carbocycles. The number of rotatable bonds is 6. The van der Waals surface area contributed by atoms with Crippen LogP contribution in [0.2, 0.25) is 0 Å². The Balaban J connectivity index is 1.83. The molecule has 0 radical (unpaired) electrons. The van der Waals surface area contributed by atoms with Crippen molar-refractivity contribution in [2.24, 2.45) is 5.84 Å². The lowest BCUT2D eigenvalue weighted by Crippen LogP contribution is -2.33. The van der Waals surface area contributed by atoms with Crippen LogP contribution in [0.25, 0.3) is 10.9 Å². The highest BCUT2D eigenvalue weighted by atomic mass is 16.5. The summed E-state index contributed by atoms with van der Waals surface area (Å²) in [5, 5.41) is 5.66. The summed E-state index contributed by atoms with van der Waals surface area (Å²) in [7, 11) is 0. The van der Waals surface area contributed by atoms with E-state index in [0.717, 1.165) is 16.6 Å². The third kappa shape index (κ3) is 3.56. The summed E-state index contributed by atoms with van der Waals surface area (Å²) in [6.45, 7) is 0.858. The Bertz CT molecular complexity index is 799. The van der Waals surface area contributed by atoms with E-state index in [1.807, 2.05) is 52.6 Å². The van der Waals surface area contributed by atoms with Gasteiger partial charge in [-0.2, -0.15) is 5.10 Å². The first-order valence-electron chi connectivity index (χ1n) is 7.33. The molecule has 6 heteroatoms. The van der Waals surface area contributed by atoms with E-state index in [0.29, 0.717) is 6.54 Å². The fraction of sp³-hybridized carbons (Fsp3) is 0.176. The largest absolute Gasteiger partial charge is 0.365 e. The number of fused-ring (bicyclic) bond motifs is 1. The minimum absolute atomic E-state index is 0.0869. The molecule has 6 nitrogen and oxygen atoms in total. The molecule has 0 unspecified atom stereocenters. The number of hydrazine groups is 1. The lowest BCUT2D eigenvalue weighted by Gasteiger charge is -2.03. The van der Waals surface area contributed by atoms with Gasteiger partial charge in [-0.3, -0.25) is 14.9 Å². The van der Waals surface area contributed by atoms with E-state index in [4.69, 9.17) is 10.6 Å². The monoisotopic (exact) mass is 310 g/mol. The van der Waals surface area contributed by atoms with Crippen molar-refractivity contribution in [1.82, 2.24) is 15.2 Å². The molecule has 0 saturated heterocycles. The number of hydrogen-bond donors (Lipinski definition) is 2. The van der Waals surface area contributed by atoms with Gasteiger partial charge in [0.15, 0.2) is 0 Å². The van der Waals surface area contributed by atoms with Crippen molar-refractivity contribution in [2.75, 3.05) is 6.61 Å². The maximum Gasteiger partial charge on any atom is 0.259 e. The van der Waals surface area contributed by atoms with Gasteiger partial charge in [-0.15, -0.1) is 0 Å². The minimum Gasteiger partial charge on any atom is -0.365 e. The zero-order chi connectivity index (χ0) is 16.1. The van der Waals surface area contributed by atoms with Crippen LogP contribution in [-0.2, 0) is 22.7 Å². The Morgan fingerprint density at radius 2 is 1.87 bits per heavy atom. The zero-order valence-electron chi connectivity index (χ0n) is 12.6. The minimum atomic E-state index is -0.363. The van der Waals surface area contributed by atoms with E-state index < -0.39 is 0 Å². The second-order valence-electron chi connectivity index (χ2n) is 5.17. The van der Waals surface area contributed by atoms with Crippen molar-refractivity contribution in [3.63, 3.8) is 0 Å². The molecule has 0 aliphatic heterocycles. The zero-order valence-corrected chi connectivity index (χ0v) is 12.6. The molecule has 2 aromatic carbocycles. The van der Waals surface area contributed by atoms with Gasteiger partial charge in [-0.05, 0) is 11.6 Å². The van der Waals surface area contributed by atoms with Crippen LogP contribution in [0.3, 0.4) is 0 Å². The van der Waals surface area contributed by atoms with Crippen LogP contribution >= 0.6 is 0 Å². The second kappa shape index (κ2) is 7.04. The molecule has 3 aromatic rings. The molecule has 3 rings (SSSR count). The first kappa shape index (κ1) is 15.2. The molecule has 23 heavy (non-hydrogen) atoms. The Morgan fingerprint density at radius 3 is 2.65 bits per heavy atom. The molecule has 1 heterocycles. The summed E-state index contributed by atoms with van der Waals surface area (Å²) in [4.78, 5) is 11.1. The number of para-hydroxylation sites is 1. The molecule has 0 aliphatic rings. The van der Waals surface area contributed by atoms with Crippen molar-refractivity contribution in [1.29, 1.82) is 0 Å². The molecule has 0 spiro atoms. The van der Waals surface area contributed by atoms with Crippen molar-refractivity contribution in [3.8, 4) is 0 Å². The fourth-order valence-corrected chi connectivity index (χ4v) is 2.46. The van der Waals surface area contributed by atoms with E-state index in [2.05, 4.69) is 17.2 Å². The van der Waals surface area contributed by atoms with Crippen LogP contribution in [-0.4, -0.2) is 22.3 Å². The van der Waals surface area contributed by atoms with E-state index in [1.54, 1.807) is 0 Å². The predicted octanol–water partition coefficient (Wildman–Crippen LogP) is 1.59. The van der Waals surface area contributed by atoms with Gasteiger partial charge in [-0.1, -0.05) is 48.5 Å². The number of benzene rings is 2. The highest BCUT2D eigenvalue weighted by molar-refractivity contribution is 5.82. The number of hydrogen-bond acceptors (Lipinski definition) is 4. The Hall–Kier alpha value is -2.70. The smallest absolute Gasteiger partial charge is 0.259 e. The molecule has 1 aromatic heterocycles. The predicted molar refractivity (Wildman–Crippen MR) is 87.3 cm³/mol. The van der Waals surface area contributed by atoms with Gasteiger partial charge in [0.05, 0.1) is 24.4 Å². The summed E-state index contributed by atoms with van der Waals surface area (Å²) < 4.78 is 7.33. The van der Waals surface area contributed by atoms with Crippen molar-refractivity contribution in [2.45, 2.75) is 13.2 Å². The third-order valence-electron chi connectivity index (χ3n) is 3.54. The number of ether oxygens (including phenoxy) is 1. The van der Waals surface area contributed by atoms with Crippen LogP contribution < -0.4 is 11.3 Å². The molecule has 1 amide bonds. The summed E-state index contributed by atoms with van der Waals surface area (Å²) >= 11 is 0. The van der Waals surface area contributed by atoms with Gasteiger partial charge in [0.25, 0.3) is 5.91 Å². The summed E-state index contributed by atoms with van der Waals surface area (Å²) in [6, 6.07) is 18.1. The molecule has 3 N–H and O–H groups in total. The first-order valence-corrected chi connectivity index (χ1v) is 7.33. The number of nitrogens with zero attached hydrogens (tertiary/aromatic N) is 2. The molecule has 0 atom stereocenters. The van der Waals surface area contributed by atoms with Crippen LogP contribution in [0.15, 0.2) is 54.6 Å². The number of nitrogens with two attached hydrogens (primary N) is 1. The van der Waals surface area contributed by atoms with Gasteiger partial charge in [-0.25, -0.2) is 5.84 Å². The lowest BCUT2D eigenvalue weighted by molar-refractivity contribution is -0.126. The van der Waals surface area contributed by atoms with Gasteiger partial charge in [0.2, 0.25) is 0 Å². The van der Waals surface area contributed by atoms with Crippen LogP contribution in [0.1, 0.15) is 11.3 Å². The second-order valence-corrected chi connectivity index (χ2v) is 5.17. The molecular formula is C17H18N4O2. The van der Waals surface area contributed by atoms with Crippen molar-refractivity contribution in [3.05, 3.63) is 65.9 Å². The Morgan fingerprint density at radius 1 is 1.13 bits per heavy atom. The summed E-state index contributed by atoms with van der Waals surface area (Å²) in [6.07, 6.45) is 0. The van der Waals surface area contributed by atoms with Crippen LogP contribution in [0.4, 0.5) is 0 Å². The molecular weight excluding hydrogens is 292 g/mol. The SMILES string of the molecule is NNC(=O)COCc1nn(Cc2ccccc2)c2ccccc12. The van der Waals surface area contributed by atoms with Crippen LogP contribution in [0, 0.1) is 0 Å². The normalized spacial score (nSPS) is 10.8. The Kier molecular flexibility index (Phi) is 4.65. The highest BCUT2D eigenvalue weighted by Crippen LogP contribution is 2.20. The average molecular weight is 310 g/mol. The number of carbonyl (C=O) groups excluding carboxylic acids is 1. The molecule has 0 aliphatic carbocycles. The fourth-order valence-electron chi connectivity index (χ4n) is 2.46. The third-order valence-corrected chi connectivity index (χ3v) is 3.54. The van der Waals surface area contributed by atoms with E-state index >= 15 is 0 Å². The van der Waals surface area contributed by atoms with Crippen LogP contribution in [0.5, 0.6) is 0 Å². The van der Waals surface area contributed by atoms with Gasteiger partial charge in [0, 0.05) is 5.39 Å². The molecule has 0 fully saturated rings. The molecule has 118 valence electrons. The van der Waals surface area contributed by atoms with Gasteiger partial charge < -0.3 is 4.74 Å². The van der Waals surface area contributed by atoms with Gasteiger partial charge >= 0.3 is 0 Å². The topological polar surface area (TPSA) is 82.2 Å². The Labute approximate surface area is 133 Å². The van der Waals surface area contributed by atoms with E-state index in [-0.39, 0.29) is 19.1 Å². The van der Waals surface area contributed by atoms with E-state index in [9.17, 15) is 4.79 Å². The summed E-state index contributed by atoms with van der Waals surface area (Å²) in [5.41, 5.74) is 5.06. The number of amides is 1. The van der Waals surface area contributed by atoms with Crippen molar-refractivity contribution < 1.29 is 9.53 Å². The lowest BCUT2D eigenvalue weighted by atomic mass is 10.2. The maximum atomic E-state index is 11.1. The first-order chi connectivity index (χ1) is 11.3.